The van der Waals surface area contributed by atoms with E-state index in [0.29, 0.717) is 19.6 Å². The lowest BCUT2D eigenvalue weighted by Crippen LogP contribution is -2.46. The molecule has 1 N–H and O–H groups in total. The summed E-state index contributed by atoms with van der Waals surface area (Å²) in [7, 11) is -0.0525. The Bertz CT molecular complexity index is 386. The van der Waals surface area contributed by atoms with Gasteiger partial charge in [0.2, 0.25) is 10.0 Å². The van der Waals surface area contributed by atoms with E-state index in [1.165, 1.54) is 4.31 Å². The molecule has 118 valence electrons. The molecule has 0 aliphatic carbocycles. The Morgan fingerprint density at radius 2 is 1.65 bits per heavy atom. The Balaban J connectivity index is 1.86. The predicted octanol–water partition coefficient (Wildman–Crippen LogP) is -1.43. The number of nitrogens with zero attached hydrogens (tertiary/aromatic N) is 2. The molecule has 0 spiro atoms. The topological polar surface area (TPSA) is 71.1 Å². The van der Waals surface area contributed by atoms with Crippen LogP contribution in [0.1, 0.15) is 0 Å². The molecule has 7 nitrogen and oxygen atoms in total. The van der Waals surface area contributed by atoms with E-state index in [1.54, 1.807) is 14.2 Å². The van der Waals surface area contributed by atoms with Crippen molar-refractivity contribution in [1.82, 2.24) is 14.5 Å². The number of methoxy groups -OCH3 is 2. The second-order valence-corrected chi connectivity index (χ2v) is 7.36. The van der Waals surface area contributed by atoms with E-state index >= 15 is 0 Å². The van der Waals surface area contributed by atoms with Crippen molar-refractivity contribution in [1.29, 1.82) is 0 Å². The first-order chi connectivity index (χ1) is 9.56. The molecule has 2 unspecified atom stereocenters. The van der Waals surface area contributed by atoms with E-state index in [4.69, 9.17) is 9.47 Å². The summed E-state index contributed by atoms with van der Waals surface area (Å²) in [6, 6.07) is 0. The third kappa shape index (κ3) is 3.90. The molecule has 0 aromatic carbocycles. The second kappa shape index (κ2) is 7.15. The highest BCUT2D eigenvalue weighted by atomic mass is 32.2. The van der Waals surface area contributed by atoms with Crippen LogP contribution in [0.5, 0.6) is 0 Å². The first-order valence-electron chi connectivity index (χ1n) is 7.03. The van der Waals surface area contributed by atoms with Gasteiger partial charge in [-0.3, -0.25) is 4.90 Å². The number of piperazine rings is 1. The standard InChI is InChI=1S/C12H25N3O4S/c1-18-11-9-15(10-12(11)19-2)20(16,17)8-7-14-5-3-13-4-6-14/h11-13H,3-10H2,1-2H3. The fourth-order valence-corrected chi connectivity index (χ4v) is 4.19. The molecule has 0 aromatic rings. The van der Waals surface area contributed by atoms with Crippen molar-refractivity contribution < 1.29 is 17.9 Å². The van der Waals surface area contributed by atoms with Crippen LogP contribution in [0.15, 0.2) is 0 Å². The molecule has 0 aromatic heterocycles. The van der Waals surface area contributed by atoms with Gasteiger partial charge in [-0.2, -0.15) is 4.31 Å². The van der Waals surface area contributed by atoms with Gasteiger partial charge in [-0.1, -0.05) is 0 Å². The fourth-order valence-electron chi connectivity index (χ4n) is 2.70. The van der Waals surface area contributed by atoms with Gasteiger partial charge in [0.05, 0.1) is 18.0 Å². The summed E-state index contributed by atoms with van der Waals surface area (Å²) in [6.07, 6.45) is -0.345. The summed E-state index contributed by atoms with van der Waals surface area (Å²) in [6.45, 7) is 5.06. The van der Waals surface area contributed by atoms with Crippen molar-refractivity contribution in [2.24, 2.45) is 0 Å². The summed E-state index contributed by atoms with van der Waals surface area (Å²) in [5.41, 5.74) is 0. The molecule has 2 fully saturated rings. The normalized spacial score (nSPS) is 29.9. The quantitative estimate of drug-likeness (QED) is 0.648. The number of ether oxygens (including phenoxy) is 2. The van der Waals surface area contributed by atoms with Crippen LogP contribution in [0.2, 0.25) is 0 Å². The first-order valence-corrected chi connectivity index (χ1v) is 8.64. The van der Waals surface area contributed by atoms with Gasteiger partial charge < -0.3 is 14.8 Å². The SMILES string of the molecule is COC1CN(S(=O)(=O)CCN2CCNCC2)CC1OC. The third-order valence-corrected chi connectivity index (χ3v) is 5.84. The van der Waals surface area contributed by atoms with E-state index < -0.39 is 10.0 Å². The van der Waals surface area contributed by atoms with Crippen molar-refractivity contribution >= 4 is 10.0 Å². The minimum absolute atomic E-state index is 0.167. The van der Waals surface area contributed by atoms with E-state index in [0.717, 1.165) is 26.2 Å². The molecule has 8 heteroatoms. The lowest BCUT2D eigenvalue weighted by Gasteiger charge is -2.27. The molecule has 2 rings (SSSR count). The maximum absolute atomic E-state index is 12.4. The number of hydrogen-bond donors (Lipinski definition) is 1. The number of hydrogen-bond acceptors (Lipinski definition) is 6. The fraction of sp³-hybridized carbons (Fsp3) is 1.00. The zero-order chi connectivity index (χ0) is 14.6. The monoisotopic (exact) mass is 307 g/mol. The summed E-state index contributed by atoms with van der Waals surface area (Å²) in [5.74, 6) is 0.167. The zero-order valence-electron chi connectivity index (χ0n) is 12.2. The smallest absolute Gasteiger partial charge is 0.215 e. The zero-order valence-corrected chi connectivity index (χ0v) is 13.1. The van der Waals surface area contributed by atoms with Crippen molar-refractivity contribution in [3.8, 4) is 0 Å². The van der Waals surface area contributed by atoms with Gasteiger partial charge in [0.15, 0.2) is 0 Å². The van der Waals surface area contributed by atoms with Crippen LogP contribution in [0, 0.1) is 0 Å². The van der Waals surface area contributed by atoms with E-state index in [1.807, 2.05) is 0 Å². The molecule has 2 saturated heterocycles. The maximum Gasteiger partial charge on any atom is 0.215 e. The van der Waals surface area contributed by atoms with Gasteiger partial charge in [-0.05, 0) is 0 Å². The van der Waals surface area contributed by atoms with Gasteiger partial charge >= 0.3 is 0 Å². The highest BCUT2D eigenvalue weighted by Gasteiger charge is 2.38. The molecule has 0 bridgehead atoms. The minimum Gasteiger partial charge on any atom is -0.377 e. The summed E-state index contributed by atoms with van der Waals surface area (Å²) < 4.78 is 36.8. The molecule has 20 heavy (non-hydrogen) atoms. The van der Waals surface area contributed by atoms with E-state index in [9.17, 15) is 8.42 Å². The minimum atomic E-state index is -3.23. The molecule has 0 saturated carbocycles. The summed E-state index contributed by atoms with van der Waals surface area (Å²) >= 11 is 0. The Kier molecular flexibility index (Phi) is 5.76. The van der Waals surface area contributed by atoms with E-state index in [2.05, 4.69) is 10.2 Å². The van der Waals surface area contributed by atoms with Gasteiger partial charge in [-0.15, -0.1) is 0 Å². The molecule has 2 atom stereocenters. The van der Waals surface area contributed by atoms with Gasteiger partial charge in [0.25, 0.3) is 0 Å². The summed E-state index contributed by atoms with van der Waals surface area (Å²) in [4.78, 5) is 2.19. The van der Waals surface area contributed by atoms with Crippen LogP contribution in [0.4, 0.5) is 0 Å². The number of sulfonamides is 1. The van der Waals surface area contributed by atoms with Crippen molar-refractivity contribution in [2.75, 3.05) is 65.8 Å². The molecule has 0 amide bonds. The van der Waals surface area contributed by atoms with Crippen molar-refractivity contribution in [2.45, 2.75) is 12.2 Å². The van der Waals surface area contributed by atoms with Crippen LogP contribution >= 0.6 is 0 Å². The second-order valence-electron chi connectivity index (χ2n) is 5.27. The van der Waals surface area contributed by atoms with Gasteiger partial charge in [-0.25, -0.2) is 8.42 Å². The molecular formula is C12H25N3O4S. The highest BCUT2D eigenvalue weighted by molar-refractivity contribution is 7.89. The average molecular weight is 307 g/mol. The van der Waals surface area contributed by atoms with Gasteiger partial charge in [0.1, 0.15) is 0 Å². The average Bonchev–Trinajstić information content (AvgIpc) is 2.90. The van der Waals surface area contributed by atoms with Gasteiger partial charge in [0, 0.05) is 60.0 Å². The summed E-state index contributed by atoms with van der Waals surface area (Å²) in [5, 5.41) is 3.26. The highest BCUT2D eigenvalue weighted by Crippen LogP contribution is 2.19. The molecule has 2 aliphatic heterocycles. The molecule has 0 radical (unpaired) electrons. The maximum atomic E-state index is 12.4. The largest absolute Gasteiger partial charge is 0.377 e. The van der Waals surface area contributed by atoms with Crippen LogP contribution in [0.25, 0.3) is 0 Å². The Hall–Kier alpha value is -0.250. The van der Waals surface area contributed by atoms with Crippen LogP contribution in [-0.2, 0) is 19.5 Å². The molecule has 2 heterocycles. The van der Waals surface area contributed by atoms with E-state index in [-0.39, 0.29) is 18.0 Å². The van der Waals surface area contributed by atoms with Crippen LogP contribution < -0.4 is 5.32 Å². The molecular weight excluding hydrogens is 282 g/mol. The Morgan fingerprint density at radius 3 is 2.15 bits per heavy atom. The van der Waals surface area contributed by atoms with Crippen molar-refractivity contribution in [3.05, 3.63) is 0 Å². The Morgan fingerprint density at radius 1 is 1.10 bits per heavy atom. The lowest BCUT2D eigenvalue weighted by atomic mass is 10.3. The predicted molar refractivity (Wildman–Crippen MR) is 76.3 cm³/mol. The first kappa shape index (κ1) is 16.1. The number of nitrogens with one attached hydrogen (secondary N) is 1. The van der Waals surface area contributed by atoms with Crippen LogP contribution in [0.3, 0.4) is 0 Å². The molecule has 2 aliphatic rings. The number of rotatable bonds is 6. The third-order valence-electron chi connectivity index (χ3n) is 4.06. The lowest BCUT2D eigenvalue weighted by molar-refractivity contribution is -0.00461. The van der Waals surface area contributed by atoms with Crippen LogP contribution in [-0.4, -0.2) is 95.6 Å². The van der Waals surface area contributed by atoms with Crippen molar-refractivity contribution in [3.63, 3.8) is 0 Å². The Labute approximate surface area is 121 Å².